The van der Waals surface area contributed by atoms with Crippen molar-refractivity contribution in [2.24, 2.45) is 11.8 Å². The fraction of sp³-hybridized carbons (Fsp3) is 0.692. The van der Waals surface area contributed by atoms with Gasteiger partial charge in [0.05, 0.1) is 12.0 Å². The number of hydrogen-bond acceptors (Lipinski definition) is 4. The number of carbonyl (C=O) groups excluding carboxylic acids is 2. The smallest absolute Gasteiger partial charge is 0.227 e. The maximum atomic E-state index is 14.1. The molecule has 0 spiro atoms. The van der Waals surface area contributed by atoms with Crippen LogP contribution in [0.15, 0.2) is 30.3 Å². The van der Waals surface area contributed by atoms with Gasteiger partial charge in [-0.25, -0.2) is 0 Å². The third kappa shape index (κ3) is 4.72. The van der Waals surface area contributed by atoms with Crippen molar-refractivity contribution in [2.75, 3.05) is 39.8 Å². The Labute approximate surface area is 192 Å². The van der Waals surface area contributed by atoms with Crippen molar-refractivity contribution < 1.29 is 9.59 Å². The first kappa shape index (κ1) is 21.9. The molecular formula is C26H38N4O2. The van der Waals surface area contributed by atoms with E-state index in [0.29, 0.717) is 5.91 Å². The molecule has 4 fully saturated rings. The monoisotopic (exact) mass is 438 g/mol. The van der Waals surface area contributed by atoms with Gasteiger partial charge in [0.2, 0.25) is 11.8 Å². The van der Waals surface area contributed by atoms with Gasteiger partial charge in [-0.1, -0.05) is 30.3 Å². The van der Waals surface area contributed by atoms with Crippen molar-refractivity contribution in [2.45, 2.75) is 63.1 Å². The molecule has 1 N–H and O–H groups in total. The number of nitrogens with zero attached hydrogens (tertiary/aromatic N) is 3. The Morgan fingerprint density at radius 1 is 0.938 bits per heavy atom. The van der Waals surface area contributed by atoms with E-state index in [4.69, 9.17) is 0 Å². The lowest BCUT2D eigenvalue weighted by atomic mass is 9.79. The summed E-state index contributed by atoms with van der Waals surface area (Å²) in [5.74, 6) is 0.854. The molecule has 174 valence electrons. The standard InChI is InChI=1S/C26H38N4O2/c1-28-15-16-30(24(18-28)19-7-3-2-4-8-19)26(32)22-12-11-21(27-25(31)20-9-10-20)17-23(22)29-13-5-6-14-29/h2-4,7-8,20-24H,5-6,9-18H2,1H3,(H,27,31). The van der Waals surface area contributed by atoms with Crippen molar-refractivity contribution in [3.8, 4) is 0 Å². The molecule has 1 aromatic rings. The maximum Gasteiger partial charge on any atom is 0.227 e. The summed E-state index contributed by atoms with van der Waals surface area (Å²) in [6, 6.07) is 11.1. The molecule has 2 amide bonds. The normalized spacial score (nSPS) is 32.1. The quantitative estimate of drug-likeness (QED) is 0.768. The number of benzene rings is 1. The van der Waals surface area contributed by atoms with Gasteiger partial charge >= 0.3 is 0 Å². The Balaban J connectivity index is 1.33. The zero-order chi connectivity index (χ0) is 22.1. The molecule has 2 saturated heterocycles. The van der Waals surface area contributed by atoms with Crippen LogP contribution in [0.4, 0.5) is 0 Å². The van der Waals surface area contributed by atoms with Crippen molar-refractivity contribution in [1.29, 1.82) is 0 Å². The Kier molecular flexibility index (Phi) is 6.51. The molecule has 2 heterocycles. The number of amides is 2. The van der Waals surface area contributed by atoms with E-state index in [0.717, 1.165) is 64.8 Å². The summed E-state index contributed by atoms with van der Waals surface area (Å²) in [6.45, 7) is 4.78. The zero-order valence-electron chi connectivity index (χ0n) is 19.4. The molecule has 2 aliphatic carbocycles. The van der Waals surface area contributed by atoms with E-state index in [1.165, 1.54) is 18.4 Å². The van der Waals surface area contributed by atoms with Gasteiger partial charge in [-0.15, -0.1) is 0 Å². The van der Waals surface area contributed by atoms with E-state index in [1.807, 2.05) is 6.07 Å². The minimum atomic E-state index is 0.0387. The van der Waals surface area contributed by atoms with E-state index in [1.54, 1.807) is 0 Å². The van der Waals surface area contributed by atoms with E-state index in [2.05, 4.69) is 51.3 Å². The third-order valence-electron chi connectivity index (χ3n) is 8.09. The molecule has 4 unspecified atom stereocenters. The van der Waals surface area contributed by atoms with Gasteiger partial charge in [-0.3, -0.25) is 14.5 Å². The second-order valence-electron chi connectivity index (χ2n) is 10.4. The number of nitrogens with one attached hydrogen (secondary N) is 1. The Morgan fingerprint density at radius 3 is 2.41 bits per heavy atom. The zero-order valence-corrected chi connectivity index (χ0v) is 19.4. The van der Waals surface area contributed by atoms with Crippen molar-refractivity contribution in [3.05, 3.63) is 35.9 Å². The predicted octanol–water partition coefficient (Wildman–Crippen LogP) is 2.66. The number of carbonyl (C=O) groups is 2. The van der Waals surface area contributed by atoms with Crippen LogP contribution >= 0.6 is 0 Å². The lowest BCUT2D eigenvalue weighted by molar-refractivity contribution is -0.144. The van der Waals surface area contributed by atoms with E-state index in [-0.39, 0.29) is 35.9 Å². The molecule has 0 bridgehead atoms. The van der Waals surface area contributed by atoms with Crippen LogP contribution in [-0.4, -0.2) is 78.4 Å². The Hall–Kier alpha value is -1.92. The van der Waals surface area contributed by atoms with Crippen LogP contribution < -0.4 is 5.32 Å². The first-order valence-corrected chi connectivity index (χ1v) is 12.7. The molecule has 1 aromatic carbocycles. The lowest BCUT2D eigenvalue weighted by Gasteiger charge is -2.46. The molecule has 4 aliphatic rings. The first-order valence-electron chi connectivity index (χ1n) is 12.7. The molecule has 2 aliphatic heterocycles. The molecule has 4 atom stereocenters. The molecule has 6 nitrogen and oxygen atoms in total. The topological polar surface area (TPSA) is 55.9 Å². The second kappa shape index (κ2) is 9.52. The van der Waals surface area contributed by atoms with Gasteiger partial charge in [0.25, 0.3) is 0 Å². The lowest BCUT2D eigenvalue weighted by Crippen LogP contribution is -2.57. The van der Waals surface area contributed by atoms with Crippen molar-refractivity contribution in [1.82, 2.24) is 20.0 Å². The van der Waals surface area contributed by atoms with Crippen molar-refractivity contribution in [3.63, 3.8) is 0 Å². The summed E-state index contributed by atoms with van der Waals surface area (Å²) in [5.41, 5.74) is 1.23. The summed E-state index contributed by atoms with van der Waals surface area (Å²) in [4.78, 5) is 33.5. The van der Waals surface area contributed by atoms with Crippen LogP contribution in [0.25, 0.3) is 0 Å². The third-order valence-corrected chi connectivity index (χ3v) is 8.09. The van der Waals surface area contributed by atoms with Crippen LogP contribution in [0.2, 0.25) is 0 Å². The minimum absolute atomic E-state index is 0.0387. The maximum absolute atomic E-state index is 14.1. The summed E-state index contributed by atoms with van der Waals surface area (Å²) >= 11 is 0. The Bertz CT molecular complexity index is 805. The second-order valence-corrected chi connectivity index (χ2v) is 10.4. The average Bonchev–Trinajstić information content (AvgIpc) is 3.53. The van der Waals surface area contributed by atoms with Crippen LogP contribution in [0.5, 0.6) is 0 Å². The average molecular weight is 439 g/mol. The number of likely N-dealkylation sites (N-methyl/N-ethyl adjacent to an activating group) is 1. The number of hydrogen-bond donors (Lipinski definition) is 1. The van der Waals surface area contributed by atoms with Gasteiger partial charge in [0, 0.05) is 37.6 Å². The van der Waals surface area contributed by atoms with Crippen LogP contribution in [-0.2, 0) is 9.59 Å². The largest absolute Gasteiger partial charge is 0.353 e. The first-order chi connectivity index (χ1) is 15.6. The van der Waals surface area contributed by atoms with Crippen molar-refractivity contribution >= 4 is 11.8 Å². The summed E-state index contributed by atoms with van der Waals surface area (Å²) in [6.07, 6.45) is 7.24. The van der Waals surface area contributed by atoms with Gasteiger partial charge in [0.15, 0.2) is 0 Å². The molecule has 6 heteroatoms. The van der Waals surface area contributed by atoms with Gasteiger partial charge in [-0.05, 0) is 70.6 Å². The van der Waals surface area contributed by atoms with Gasteiger partial charge in [-0.2, -0.15) is 0 Å². The fourth-order valence-corrected chi connectivity index (χ4v) is 6.06. The van der Waals surface area contributed by atoms with E-state index >= 15 is 0 Å². The molecule has 0 aromatic heterocycles. The number of rotatable bonds is 5. The summed E-state index contributed by atoms with van der Waals surface area (Å²) in [5, 5.41) is 3.32. The number of piperazine rings is 1. The highest BCUT2D eigenvalue weighted by atomic mass is 16.2. The highest BCUT2D eigenvalue weighted by Gasteiger charge is 2.44. The van der Waals surface area contributed by atoms with E-state index in [9.17, 15) is 9.59 Å². The number of likely N-dealkylation sites (tertiary alicyclic amines) is 1. The van der Waals surface area contributed by atoms with Gasteiger partial charge in [0.1, 0.15) is 0 Å². The highest BCUT2D eigenvalue weighted by molar-refractivity contribution is 5.82. The van der Waals surface area contributed by atoms with Crippen LogP contribution in [0.3, 0.4) is 0 Å². The fourth-order valence-electron chi connectivity index (χ4n) is 6.06. The SMILES string of the molecule is CN1CCN(C(=O)C2CCC(NC(=O)C3CC3)CC2N2CCCC2)C(c2ccccc2)C1. The van der Waals surface area contributed by atoms with Gasteiger partial charge < -0.3 is 15.1 Å². The Morgan fingerprint density at radius 2 is 1.69 bits per heavy atom. The highest BCUT2D eigenvalue weighted by Crippen LogP contribution is 2.36. The summed E-state index contributed by atoms with van der Waals surface area (Å²) in [7, 11) is 2.15. The van der Waals surface area contributed by atoms with E-state index < -0.39 is 0 Å². The molecular weight excluding hydrogens is 400 g/mol. The molecule has 2 saturated carbocycles. The predicted molar refractivity (Wildman–Crippen MR) is 125 cm³/mol. The van der Waals surface area contributed by atoms with Crippen LogP contribution in [0.1, 0.15) is 56.6 Å². The molecule has 32 heavy (non-hydrogen) atoms. The summed E-state index contributed by atoms with van der Waals surface area (Å²) < 4.78 is 0. The van der Waals surface area contributed by atoms with Crippen LogP contribution in [0, 0.1) is 11.8 Å². The molecule has 5 rings (SSSR count). The minimum Gasteiger partial charge on any atom is -0.353 e. The molecule has 0 radical (unpaired) electrons.